The molecule has 1 aliphatic rings. The molecule has 0 spiro atoms. The second-order valence-electron chi connectivity index (χ2n) is 4.75. The minimum absolute atomic E-state index is 0.315. The first kappa shape index (κ1) is 14.0. The van der Waals surface area contributed by atoms with Crippen LogP contribution in [0.15, 0.2) is 24.3 Å². The zero-order valence-electron chi connectivity index (χ0n) is 11.3. The molecule has 106 valence electrons. The quantitative estimate of drug-likeness (QED) is 0.606. The number of carbonyl (C=O) groups is 3. The van der Waals surface area contributed by atoms with Crippen LogP contribution in [0.1, 0.15) is 19.8 Å². The van der Waals surface area contributed by atoms with Crippen molar-refractivity contribution in [2.24, 2.45) is 0 Å². The Bertz CT molecular complexity index is 550. The van der Waals surface area contributed by atoms with Crippen LogP contribution in [0.4, 0.5) is 11.4 Å². The number of amides is 3. The summed E-state index contributed by atoms with van der Waals surface area (Å²) in [5, 5.41) is 0. The van der Waals surface area contributed by atoms with Crippen molar-refractivity contribution >= 4 is 29.1 Å². The summed E-state index contributed by atoms with van der Waals surface area (Å²) in [6.45, 7) is 2.37. The van der Waals surface area contributed by atoms with Gasteiger partial charge in [-0.15, -0.1) is 0 Å². The van der Waals surface area contributed by atoms with Gasteiger partial charge in [-0.25, -0.2) is 4.90 Å². The van der Waals surface area contributed by atoms with Gasteiger partial charge >= 0.3 is 11.8 Å². The van der Waals surface area contributed by atoms with E-state index >= 15 is 0 Å². The number of likely N-dealkylation sites (tertiary alicyclic amines) is 1. The third-order valence-corrected chi connectivity index (χ3v) is 3.22. The van der Waals surface area contributed by atoms with Gasteiger partial charge in [0, 0.05) is 25.7 Å². The lowest BCUT2D eigenvalue weighted by molar-refractivity contribution is -0.145. The third-order valence-electron chi connectivity index (χ3n) is 3.22. The van der Waals surface area contributed by atoms with E-state index in [1.54, 1.807) is 18.2 Å². The number of nitrogens with zero attached hydrogens (tertiary/aromatic N) is 2. The van der Waals surface area contributed by atoms with Gasteiger partial charge in [-0.05, 0) is 31.0 Å². The summed E-state index contributed by atoms with van der Waals surface area (Å²) in [5.74, 6) is -1.97. The van der Waals surface area contributed by atoms with E-state index in [1.165, 1.54) is 17.9 Å². The molecule has 1 heterocycles. The molecule has 2 N–H and O–H groups in total. The van der Waals surface area contributed by atoms with E-state index in [9.17, 15) is 14.4 Å². The standard InChI is InChI=1S/C14H17N3O3/c1-10(18)17(12-6-4-5-11(15)9-12)14(20)13(19)16-7-2-3-8-16/h4-6,9H,2-3,7-8,15H2,1H3. The monoisotopic (exact) mass is 275 g/mol. The van der Waals surface area contributed by atoms with Gasteiger partial charge in [-0.1, -0.05) is 6.07 Å². The van der Waals surface area contributed by atoms with Crippen molar-refractivity contribution in [1.82, 2.24) is 4.90 Å². The molecule has 0 unspecified atom stereocenters. The predicted molar refractivity (Wildman–Crippen MR) is 74.8 cm³/mol. The molecule has 2 rings (SSSR count). The zero-order valence-corrected chi connectivity index (χ0v) is 11.3. The second-order valence-corrected chi connectivity index (χ2v) is 4.75. The molecule has 1 aliphatic heterocycles. The van der Waals surface area contributed by atoms with Gasteiger partial charge in [0.05, 0.1) is 5.69 Å². The molecular formula is C14H17N3O3. The molecule has 6 heteroatoms. The first-order chi connectivity index (χ1) is 9.50. The van der Waals surface area contributed by atoms with Gasteiger partial charge in [0.15, 0.2) is 0 Å². The highest BCUT2D eigenvalue weighted by molar-refractivity contribution is 6.45. The molecule has 0 saturated carbocycles. The molecule has 0 aromatic heterocycles. The van der Waals surface area contributed by atoms with E-state index in [4.69, 9.17) is 5.73 Å². The largest absolute Gasteiger partial charge is 0.399 e. The van der Waals surface area contributed by atoms with Crippen LogP contribution < -0.4 is 10.6 Å². The van der Waals surface area contributed by atoms with Crippen molar-refractivity contribution < 1.29 is 14.4 Å². The maximum atomic E-state index is 12.3. The summed E-state index contributed by atoms with van der Waals surface area (Å²) in [4.78, 5) is 38.4. The van der Waals surface area contributed by atoms with Crippen LogP contribution in [-0.2, 0) is 14.4 Å². The lowest BCUT2D eigenvalue weighted by Gasteiger charge is -2.22. The molecule has 0 radical (unpaired) electrons. The van der Waals surface area contributed by atoms with Crippen LogP contribution in [0.2, 0.25) is 0 Å². The van der Waals surface area contributed by atoms with Gasteiger partial charge in [0.25, 0.3) is 0 Å². The van der Waals surface area contributed by atoms with Gasteiger partial charge in [0.1, 0.15) is 0 Å². The lowest BCUT2D eigenvalue weighted by Crippen LogP contribution is -2.46. The van der Waals surface area contributed by atoms with Crippen LogP contribution in [0.3, 0.4) is 0 Å². The molecule has 0 aliphatic carbocycles. The molecule has 0 bridgehead atoms. The van der Waals surface area contributed by atoms with Gasteiger partial charge in [-0.2, -0.15) is 0 Å². The van der Waals surface area contributed by atoms with E-state index in [0.717, 1.165) is 17.7 Å². The third kappa shape index (κ3) is 2.79. The summed E-state index contributed by atoms with van der Waals surface area (Å²) in [6, 6.07) is 6.35. The fourth-order valence-electron chi connectivity index (χ4n) is 2.26. The average molecular weight is 275 g/mol. The second kappa shape index (κ2) is 5.73. The van der Waals surface area contributed by atoms with Crippen LogP contribution in [0.25, 0.3) is 0 Å². The number of nitrogen functional groups attached to an aromatic ring is 1. The summed E-state index contributed by atoms with van der Waals surface area (Å²) >= 11 is 0. The van der Waals surface area contributed by atoms with Crippen molar-refractivity contribution in [3.63, 3.8) is 0 Å². The molecule has 1 aromatic carbocycles. The maximum absolute atomic E-state index is 12.3. The Kier molecular flexibility index (Phi) is 4.02. The molecule has 1 fully saturated rings. The van der Waals surface area contributed by atoms with Crippen molar-refractivity contribution in [1.29, 1.82) is 0 Å². The normalized spacial score (nSPS) is 14.2. The Balaban J connectivity index is 2.26. The molecule has 3 amide bonds. The van der Waals surface area contributed by atoms with E-state index in [0.29, 0.717) is 24.5 Å². The van der Waals surface area contributed by atoms with E-state index in [1.807, 2.05) is 0 Å². The van der Waals surface area contributed by atoms with E-state index in [-0.39, 0.29) is 0 Å². The Morgan fingerprint density at radius 1 is 1.20 bits per heavy atom. The van der Waals surface area contributed by atoms with Crippen molar-refractivity contribution in [3.05, 3.63) is 24.3 Å². The smallest absolute Gasteiger partial charge is 0.323 e. The van der Waals surface area contributed by atoms with Gasteiger partial charge in [-0.3, -0.25) is 14.4 Å². The summed E-state index contributed by atoms with van der Waals surface area (Å²) in [5.41, 5.74) is 6.39. The Hall–Kier alpha value is -2.37. The van der Waals surface area contributed by atoms with Crippen LogP contribution >= 0.6 is 0 Å². The van der Waals surface area contributed by atoms with E-state index < -0.39 is 17.7 Å². The predicted octanol–water partition coefficient (Wildman–Crippen LogP) is 0.771. The van der Waals surface area contributed by atoms with Crippen LogP contribution in [0, 0.1) is 0 Å². The van der Waals surface area contributed by atoms with Gasteiger partial charge in [0.2, 0.25) is 5.91 Å². The van der Waals surface area contributed by atoms with E-state index in [2.05, 4.69) is 0 Å². The summed E-state index contributed by atoms with van der Waals surface area (Å²) < 4.78 is 0. The molecule has 20 heavy (non-hydrogen) atoms. The SMILES string of the molecule is CC(=O)N(C(=O)C(=O)N1CCCC1)c1cccc(N)c1. The van der Waals surface area contributed by atoms with Gasteiger partial charge < -0.3 is 10.6 Å². The topological polar surface area (TPSA) is 83.7 Å². The first-order valence-electron chi connectivity index (χ1n) is 6.50. The first-order valence-corrected chi connectivity index (χ1v) is 6.50. The Morgan fingerprint density at radius 3 is 2.40 bits per heavy atom. The molecule has 1 aromatic rings. The molecular weight excluding hydrogens is 258 g/mol. The number of rotatable bonds is 1. The molecule has 1 saturated heterocycles. The highest BCUT2D eigenvalue weighted by Gasteiger charge is 2.31. The van der Waals surface area contributed by atoms with Crippen LogP contribution in [0.5, 0.6) is 0 Å². The highest BCUT2D eigenvalue weighted by atomic mass is 16.2. The molecule has 0 atom stereocenters. The number of hydrogen-bond donors (Lipinski definition) is 1. The Labute approximate surface area is 117 Å². The summed E-state index contributed by atoms with van der Waals surface area (Å²) in [6.07, 6.45) is 1.77. The minimum Gasteiger partial charge on any atom is -0.399 e. The lowest BCUT2D eigenvalue weighted by atomic mass is 10.2. The Morgan fingerprint density at radius 2 is 1.85 bits per heavy atom. The maximum Gasteiger partial charge on any atom is 0.323 e. The number of anilines is 2. The van der Waals surface area contributed by atoms with Crippen molar-refractivity contribution in [2.45, 2.75) is 19.8 Å². The fraction of sp³-hybridized carbons (Fsp3) is 0.357. The number of benzene rings is 1. The molecule has 6 nitrogen and oxygen atoms in total. The van der Waals surface area contributed by atoms with Crippen LogP contribution in [-0.4, -0.2) is 35.7 Å². The number of nitrogens with two attached hydrogens (primary N) is 1. The zero-order chi connectivity index (χ0) is 14.7. The minimum atomic E-state index is -0.829. The fourth-order valence-corrected chi connectivity index (χ4v) is 2.26. The number of carbonyl (C=O) groups excluding carboxylic acids is 3. The van der Waals surface area contributed by atoms with Crippen molar-refractivity contribution in [2.75, 3.05) is 23.7 Å². The number of hydrogen-bond acceptors (Lipinski definition) is 4. The summed E-state index contributed by atoms with van der Waals surface area (Å²) in [7, 11) is 0. The highest BCUT2D eigenvalue weighted by Crippen LogP contribution is 2.19. The average Bonchev–Trinajstić information content (AvgIpc) is 2.91. The van der Waals surface area contributed by atoms with Crippen molar-refractivity contribution in [3.8, 4) is 0 Å². The number of imide groups is 1.